The Balaban J connectivity index is 1.65. The van der Waals surface area contributed by atoms with Gasteiger partial charge in [0.1, 0.15) is 11.2 Å². The molecule has 3 heterocycles. The minimum absolute atomic E-state index is 0.0687. The zero-order valence-electron chi connectivity index (χ0n) is 18.1. The van der Waals surface area contributed by atoms with Crippen molar-refractivity contribution in [3.05, 3.63) is 89.0 Å². The fourth-order valence-corrected chi connectivity index (χ4v) is 4.54. The second-order valence-corrected chi connectivity index (χ2v) is 8.91. The number of hydrogen-bond acceptors (Lipinski definition) is 5. The van der Waals surface area contributed by atoms with E-state index in [-0.39, 0.29) is 5.92 Å². The normalized spacial score (nSPS) is 17.2. The summed E-state index contributed by atoms with van der Waals surface area (Å²) in [5, 5.41) is 10.9. The molecule has 0 fully saturated rings. The molecule has 1 aromatic carbocycles. The van der Waals surface area contributed by atoms with Crippen LogP contribution in [0.2, 0.25) is 5.02 Å². The van der Waals surface area contributed by atoms with Crippen LogP contribution >= 0.6 is 11.6 Å². The molecule has 0 saturated carbocycles. The first-order valence-electron chi connectivity index (χ1n) is 10.4. The third kappa shape index (κ3) is 3.45. The van der Waals surface area contributed by atoms with Crippen molar-refractivity contribution in [2.75, 3.05) is 7.11 Å². The fourth-order valence-electron chi connectivity index (χ4n) is 4.27. The van der Waals surface area contributed by atoms with Crippen LogP contribution in [0, 0.1) is 0 Å². The Bertz CT molecular complexity index is 1340. The number of imidazole rings is 1. The van der Waals surface area contributed by atoms with E-state index >= 15 is 0 Å². The summed E-state index contributed by atoms with van der Waals surface area (Å²) in [7, 11) is 1.65. The molecule has 1 aliphatic carbocycles. The van der Waals surface area contributed by atoms with Crippen LogP contribution in [0.4, 0.5) is 0 Å². The average Bonchev–Trinajstić information content (AvgIpc) is 3.31. The number of ether oxygens (including phenoxy) is 1. The molecule has 0 amide bonds. The highest BCUT2D eigenvalue weighted by Crippen LogP contribution is 2.46. The number of halogens is 1. The van der Waals surface area contributed by atoms with Crippen LogP contribution in [0.25, 0.3) is 22.3 Å². The first-order chi connectivity index (χ1) is 15.4. The van der Waals surface area contributed by atoms with Crippen molar-refractivity contribution >= 4 is 22.8 Å². The third-order valence-corrected chi connectivity index (χ3v) is 6.13. The van der Waals surface area contributed by atoms with Crippen molar-refractivity contribution in [3.8, 4) is 11.1 Å². The van der Waals surface area contributed by atoms with Crippen molar-refractivity contribution in [2.45, 2.75) is 31.8 Å². The molecule has 4 aromatic rings. The van der Waals surface area contributed by atoms with E-state index in [0.29, 0.717) is 5.82 Å². The summed E-state index contributed by atoms with van der Waals surface area (Å²) in [5.41, 5.74) is 5.74. The van der Waals surface area contributed by atoms with Crippen LogP contribution in [0.5, 0.6) is 0 Å². The average molecular weight is 447 g/mol. The lowest BCUT2D eigenvalue weighted by Gasteiger charge is -2.16. The fraction of sp³-hybridized carbons (Fsp3) is 0.240. The van der Waals surface area contributed by atoms with Gasteiger partial charge in [0, 0.05) is 46.2 Å². The first-order valence-corrected chi connectivity index (χ1v) is 10.8. The lowest BCUT2D eigenvalue weighted by Crippen LogP contribution is -2.19. The van der Waals surface area contributed by atoms with Crippen LogP contribution in [0.15, 0.2) is 61.3 Å². The number of benzene rings is 1. The van der Waals surface area contributed by atoms with Crippen molar-refractivity contribution in [2.24, 2.45) is 0 Å². The molecule has 32 heavy (non-hydrogen) atoms. The number of hydrogen-bond donors (Lipinski definition) is 1. The molecule has 6 nitrogen and oxygen atoms in total. The summed E-state index contributed by atoms with van der Waals surface area (Å²) in [5.74, 6) is 0.457. The van der Waals surface area contributed by atoms with E-state index in [9.17, 15) is 5.11 Å². The maximum atomic E-state index is 10.1. The largest absolute Gasteiger partial charge is 0.504 e. The molecule has 0 saturated heterocycles. The van der Waals surface area contributed by atoms with Gasteiger partial charge in [-0.1, -0.05) is 29.8 Å². The number of aliphatic hydroxyl groups is 1. The SMILES string of the molecule is CO/C=C1/CC(c2ccccc2Cl)c2c1nc1ccc(-c3cnc(C(C)(C)O)nc3)cn21. The topological polar surface area (TPSA) is 72.5 Å². The van der Waals surface area contributed by atoms with Crippen molar-refractivity contribution in [1.82, 2.24) is 19.4 Å². The van der Waals surface area contributed by atoms with E-state index in [1.54, 1.807) is 39.6 Å². The summed E-state index contributed by atoms with van der Waals surface area (Å²) < 4.78 is 7.47. The molecule has 1 N–H and O–H groups in total. The molecule has 0 spiro atoms. The van der Waals surface area contributed by atoms with Gasteiger partial charge in [-0.15, -0.1) is 0 Å². The van der Waals surface area contributed by atoms with E-state index in [0.717, 1.165) is 50.7 Å². The maximum Gasteiger partial charge on any atom is 0.159 e. The van der Waals surface area contributed by atoms with Gasteiger partial charge in [0.25, 0.3) is 0 Å². The number of nitrogens with zero attached hydrogens (tertiary/aromatic N) is 4. The van der Waals surface area contributed by atoms with Gasteiger partial charge in [-0.25, -0.2) is 15.0 Å². The van der Waals surface area contributed by atoms with Gasteiger partial charge in [-0.2, -0.15) is 0 Å². The van der Waals surface area contributed by atoms with Crippen molar-refractivity contribution in [3.63, 3.8) is 0 Å². The first kappa shape index (κ1) is 20.7. The number of aromatic nitrogens is 4. The Kier molecular flexibility index (Phi) is 4.99. The summed E-state index contributed by atoms with van der Waals surface area (Å²) in [6.45, 7) is 3.34. The zero-order valence-corrected chi connectivity index (χ0v) is 18.8. The second-order valence-electron chi connectivity index (χ2n) is 8.50. The number of allylic oxidation sites excluding steroid dienone is 1. The molecule has 0 aliphatic heterocycles. The predicted octanol–water partition coefficient (Wildman–Crippen LogP) is 5.20. The molecule has 7 heteroatoms. The molecule has 0 radical (unpaired) electrons. The molecule has 5 rings (SSSR count). The summed E-state index contributed by atoms with van der Waals surface area (Å²) >= 11 is 6.58. The van der Waals surface area contributed by atoms with E-state index in [1.807, 2.05) is 30.3 Å². The quantitative estimate of drug-likeness (QED) is 0.436. The Morgan fingerprint density at radius 1 is 1.12 bits per heavy atom. The summed E-state index contributed by atoms with van der Waals surface area (Å²) in [6.07, 6.45) is 8.07. The Labute approximate surface area is 191 Å². The summed E-state index contributed by atoms with van der Waals surface area (Å²) in [6, 6.07) is 11.9. The van der Waals surface area contributed by atoms with Crippen LogP contribution in [-0.2, 0) is 10.3 Å². The Hall–Kier alpha value is -3.22. The van der Waals surface area contributed by atoms with E-state index < -0.39 is 5.60 Å². The van der Waals surface area contributed by atoms with Gasteiger partial charge >= 0.3 is 0 Å². The van der Waals surface area contributed by atoms with E-state index in [1.165, 1.54) is 0 Å². The molecule has 162 valence electrons. The predicted molar refractivity (Wildman–Crippen MR) is 124 cm³/mol. The monoisotopic (exact) mass is 446 g/mol. The highest BCUT2D eigenvalue weighted by atomic mass is 35.5. The van der Waals surface area contributed by atoms with E-state index in [4.69, 9.17) is 21.3 Å². The molecule has 1 unspecified atom stereocenters. The second kappa shape index (κ2) is 7.73. The summed E-state index contributed by atoms with van der Waals surface area (Å²) in [4.78, 5) is 13.6. The molecule has 1 aliphatic rings. The number of methoxy groups -OCH3 is 1. The van der Waals surface area contributed by atoms with Gasteiger partial charge < -0.3 is 14.2 Å². The van der Waals surface area contributed by atoms with Crippen molar-refractivity contribution < 1.29 is 9.84 Å². The van der Waals surface area contributed by atoms with Gasteiger partial charge in [-0.05, 0) is 44.0 Å². The zero-order chi connectivity index (χ0) is 22.5. The maximum absolute atomic E-state index is 10.1. The van der Waals surface area contributed by atoms with Gasteiger partial charge in [0.2, 0.25) is 0 Å². The lowest BCUT2D eigenvalue weighted by molar-refractivity contribution is 0.0687. The third-order valence-electron chi connectivity index (χ3n) is 5.79. The van der Waals surface area contributed by atoms with Gasteiger partial charge in [-0.3, -0.25) is 0 Å². The van der Waals surface area contributed by atoms with Gasteiger partial charge in [0.15, 0.2) is 5.82 Å². The molecular weight excluding hydrogens is 424 g/mol. The van der Waals surface area contributed by atoms with Crippen molar-refractivity contribution in [1.29, 1.82) is 0 Å². The highest BCUT2D eigenvalue weighted by Gasteiger charge is 2.34. The highest BCUT2D eigenvalue weighted by molar-refractivity contribution is 6.31. The van der Waals surface area contributed by atoms with Crippen LogP contribution in [0.3, 0.4) is 0 Å². The molecular formula is C25H23ClN4O2. The number of pyridine rings is 1. The van der Waals surface area contributed by atoms with Crippen LogP contribution < -0.4 is 0 Å². The Morgan fingerprint density at radius 2 is 1.88 bits per heavy atom. The Morgan fingerprint density at radius 3 is 2.56 bits per heavy atom. The molecule has 1 atom stereocenters. The number of rotatable bonds is 4. The smallest absolute Gasteiger partial charge is 0.159 e. The van der Waals surface area contributed by atoms with Crippen LogP contribution in [-0.4, -0.2) is 31.6 Å². The van der Waals surface area contributed by atoms with Crippen LogP contribution in [0.1, 0.15) is 49.0 Å². The standard InChI is InChI=1S/C25H23ClN4O2/c1-25(2,31)24-27-11-17(12-28-24)15-8-9-21-29-22-16(14-32-3)10-19(23(22)30(21)13-15)18-6-4-5-7-20(18)26/h4-9,11-14,19,31H,10H2,1-3H3/b16-14-. The van der Waals surface area contributed by atoms with Gasteiger partial charge in [0.05, 0.1) is 24.8 Å². The number of fused-ring (bicyclic) bond motifs is 3. The lowest BCUT2D eigenvalue weighted by atomic mass is 9.96. The molecule has 0 bridgehead atoms. The minimum atomic E-state index is -1.08. The van der Waals surface area contributed by atoms with E-state index in [2.05, 4.69) is 26.6 Å². The minimum Gasteiger partial charge on any atom is -0.504 e. The molecule has 3 aromatic heterocycles.